The lowest BCUT2D eigenvalue weighted by molar-refractivity contribution is -0.146. The van der Waals surface area contributed by atoms with Gasteiger partial charge in [-0.1, -0.05) is 50.3 Å². The van der Waals surface area contributed by atoms with Crippen molar-refractivity contribution in [2.24, 2.45) is 5.92 Å². The molecule has 0 unspecified atom stereocenters. The van der Waals surface area contributed by atoms with Gasteiger partial charge in [0.15, 0.2) is 9.84 Å². The smallest absolute Gasteiger partial charge is 0.408 e. The lowest BCUT2D eigenvalue weighted by Gasteiger charge is -2.27. The molecule has 290 valence electrons. The molecule has 0 aliphatic heterocycles. The molecule has 0 fully saturated rings. The number of carbonyl (C=O) groups is 7. The van der Waals surface area contributed by atoms with Crippen molar-refractivity contribution < 1.29 is 60.9 Å². The van der Waals surface area contributed by atoms with Crippen molar-refractivity contribution >= 4 is 51.6 Å². The second kappa shape index (κ2) is 23.5. The van der Waals surface area contributed by atoms with E-state index in [0.29, 0.717) is 5.56 Å². The van der Waals surface area contributed by atoms with Gasteiger partial charge < -0.3 is 40.2 Å². The van der Waals surface area contributed by atoms with Gasteiger partial charge in [-0.2, -0.15) is 0 Å². The molecule has 0 saturated carbocycles. The zero-order valence-electron chi connectivity index (χ0n) is 30.3. The van der Waals surface area contributed by atoms with Gasteiger partial charge in [0.1, 0.15) is 24.7 Å². The Bertz CT molecular complexity index is 1500. The van der Waals surface area contributed by atoms with Crippen LogP contribution in [0.25, 0.3) is 0 Å². The van der Waals surface area contributed by atoms with Crippen LogP contribution in [0, 0.1) is 5.92 Å². The summed E-state index contributed by atoms with van der Waals surface area (Å²) in [4.78, 5) is 90.0. The van der Waals surface area contributed by atoms with Crippen molar-refractivity contribution in [2.75, 3.05) is 26.1 Å². The van der Waals surface area contributed by atoms with Crippen LogP contribution < -0.4 is 21.3 Å². The van der Waals surface area contributed by atoms with E-state index >= 15 is 0 Å². The number of amides is 4. The minimum absolute atomic E-state index is 0.0143. The molecule has 1 rings (SSSR count). The number of sulfone groups is 1. The molecule has 0 radical (unpaired) electrons. The number of hydrogen-bond donors (Lipinski definition) is 4. The normalized spacial score (nSPS) is 13.5. The van der Waals surface area contributed by atoms with Crippen LogP contribution in [0.4, 0.5) is 4.79 Å². The first-order chi connectivity index (χ1) is 24.5. The summed E-state index contributed by atoms with van der Waals surface area (Å²) >= 11 is 0. The third-order valence-corrected chi connectivity index (χ3v) is 7.55. The molecule has 0 saturated heterocycles. The molecule has 52 heavy (non-hydrogen) atoms. The van der Waals surface area contributed by atoms with Crippen LogP contribution in [0.15, 0.2) is 41.8 Å². The number of carbonyl (C=O) groups excluding carboxylic acids is 7. The molecule has 0 aliphatic carbocycles. The van der Waals surface area contributed by atoms with Crippen LogP contribution in [0.2, 0.25) is 0 Å². The number of alkyl carbamates (subject to hydrolysis) is 1. The number of nitrogens with one attached hydrogen (secondary N) is 4. The highest BCUT2D eigenvalue weighted by Gasteiger charge is 2.33. The van der Waals surface area contributed by atoms with Gasteiger partial charge in [-0.15, -0.1) is 0 Å². The summed E-state index contributed by atoms with van der Waals surface area (Å²) in [5, 5.41) is 10.6. The van der Waals surface area contributed by atoms with Gasteiger partial charge in [-0.05, 0) is 38.7 Å². The van der Waals surface area contributed by atoms with E-state index < -0.39 is 94.5 Å². The Morgan fingerprint density at radius 1 is 0.692 bits per heavy atom. The van der Waals surface area contributed by atoms with Crippen molar-refractivity contribution in [2.45, 2.75) is 91.1 Å². The SMILES string of the molecule is CCOC(=O)CC[C@H](NC(=O)[C@H](CC(=O)OCC)NC(=O)OCc1ccccc1)C(=O)N[C@H](C(=O)N[C@H](/C=C/S(C)(=O)=O)CC(=O)OCC)C(C)C. The van der Waals surface area contributed by atoms with Crippen molar-refractivity contribution in [1.82, 2.24) is 21.3 Å². The van der Waals surface area contributed by atoms with Crippen LogP contribution in [0.3, 0.4) is 0 Å². The van der Waals surface area contributed by atoms with Gasteiger partial charge >= 0.3 is 24.0 Å². The molecule has 1 aromatic carbocycles. The summed E-state index contributed by atoms with van der Waals surface area (Å²) in [7, 11) is -3.64. The fourth-order valence-electron chi connectivity index (χ4n) is 4.40. The van der Waals surface area contributed by atoms with Gasteiger partial charge in [0.2, 0.25) is 17.7 Å². The number of hydrogen-bond acceptors (Lipinski definition) is 13. The quantitative estimate of drug-likeness (QED) is 0.0963. The lowest BCUT2D eigenvalue weighted by atomic mass is 10.0. The summed E-state index contributed by atoms with van der Waals surface area (Å²) < 4.78 is 43.4. The van der Waals surface area contributed by atoms with Crippen LogP contribution >= 0.6 is 0 Å². The maximum Gasteiger partial charge on any atom is 0.408 e. The second-order valence-electron chi connectivity index (χ2n) is 11.7. The van der Waals surface area contributed by atoms with Gasteiger partial charge in [-0.3, -0.25) is 28.8 Å². The zero-order chi connectivity index (χ0) is 39.3. The second-order valence-corrected chi connectivity index (χ2v) is 13.6. The number of ether oxygens (including phenoxy) is 4. The number of benzene rings is 1. The predicted octanol–water partition coefficient (Wildman–Crippen LogP) is 1.20. The van der Waals surface area contributed by atoms with Gasteiger partial charge in [0.25, 0.3) is 0 Å². The average molecular weight is 755 g/mol. The maximum atomic E-state index is 13.7. The summed E-state index contributed by atoms with van der Waals surface area (Å²) in [6.45, 7) is 7.84. The highest BCUT2D eigenvalue weighted by Crippen LogP contribution is 2.10. The Hall–Kier alpha value is -5.00. The lowest BCUT2D eigenvalue weighted by Crippen LogP contribution is -2.58. The van der Waals surface area contributed by atoms with Crippen LogP contribution in [0.5, 0.6) is 0 Å². The Morgan fingerprint density at radius 3 is 1.81 bits per heavy atom. The van der Waals surface area contributed by atoms with Gasteiger partial charge in [-0.25, -0.2) is 13.2 Å². The number of esters is 3. The standard InChI is InChI=1S/C34H50N4O13S/c1-7-48-27(39)16-15-25(36-32(43)26(20-29(41)50-9-3)37-34(45)51-21-23-13-11-10-12-14-23)31(42)38-30(22(4)5)33(44)35-24(17-18-52(6,46)47)19-28(40)49-8-2/h10-14,17-18,22,24-26,30H,7-9,15-16,19-21H2,1-6H3,(H,35,44)(H,36,43)(H,37,45)(H,38,42)/b18-17+/t24-,25+,26+,30+/m1/s1. The minimum Gasteiger partial charge on any atom is -0.466 e. The van der Waals surface area contributed by atoms with E-state index in [1.54, 1.807) is 65.0 Å². The van der Waals surface area contributed by atoms with E-state index in [2.05, 4.69) is 21.3 Å². The minimum atomic E-state index is -3.64. The van der Waals surface area contributed by atoms with Crippen LogP contribution in [0.1, 0.15) is 65.9 Å². The van der Waals surface area contributed by atoms with Crippen molar-refractivity contribution in [3.05, 3.63) is 47.4 Å². The molecule has 0 spiro atoms. The number of rotatable bonds is 22. The Labute approximate surface area is 303 Å². The summed E-state index contributed by atoms with van der Waals surface area (Å²) in [6.07, 6.45) is -0.701. The fraction of sp³-hybridized carbons (Fsp3) is 0.559. The van der Waals surface area contributed by atoms with E-state index in [9.17, 15) is 42.0 Å². The van der Waals surface area contributed by atoms with Gasteiger partial charge in [0, 0.05) is 18.1 Å². The van der Waals surface area contributed by atoms with Crippen LogP contribution in [-0.4, -0.2) is 100 Å². The predicted molar refractivity (Wildman–Crippen MR) is 187 cm³/mol. The molecule has 0 aromatic heterocycles. The van der Waals surface area contributed by atoms with Crippen molar-refractivity contribution in [3.8, 4) is 0 Å². The Morgan fingerprint density at radius 2 is 1.25 bits per heavy atom. The Balaban J connectivity index is 3.28. The summed E-state index contributed by atoms with van der Waals surface area (Å²) in [5.74, 6) is -5.52. The van der Waals surface area contributed by atoms with Gasteiger partial charge in [0.05, 0.1) is 38.7 Å². The first kappa shape index (κ1) is 45.0. The fourth-order valence-corrected chi connectivity index (χ4v) is 4.88. The maximum absolute atomic E-state index is 13.7. The van der Waals surface area contributed by atoms with Crippen molar-refractivity contribution in [3.63, 3.8) is 0 Å². The largest absolute Gasteiger partial charge is 0.466 e. The van der Waals surface area contributed by atoms with E-state index in [4.69, 9.17) is 18.9 Å². The van der Waals surface area contributed by atoms with Crippen LogP contribution in [-0.2, 0) is 64.2 Å². The topological polar surface area (TPSA) is 239 Å². The Kier molecular flexibility index (Phi) is 20.3. The molecule has 4 N–H and O–H groups in total. The first-order valence-electron chi connectivity index (χ1n) is 16.7. The molecule has 4 atom stereocenters. The molecule has 1 aromatic rings. The molecule has 0 heterocycles. The molecule has 0 aliphatic rings. The first-order valence-corrected chi connectivity index (χ1v) is 18.7. The monoisotopic (exact) mass is 754 g/mol. The third kappa shape index (κ3) is 18.8. The highest BCUT2D eigenvalue weighted by molar-refractivity contribution is 7.93. The summed E-state index contributed by atoms with van der Waals surface area (Å²) in [6, 6.07) is 3.19. The average Bonchev–Trinajstić information content (AvgIpc) is 3.06. The van der Waals surface area contributed by atoms with Crippen molar-refractivity contribution in [1.29, 1.82) is 0 Å². The van der Waals surface area contributed by atoms with E-state index in [0.717, 1.165) is 17.7 Å². The summed E-state index contributed by atoms with van der Waals surface area (Å²) in [5.41, 5.74) is 0.655. The molecule has 4 amide bonds. The third-order valence-electron chi connectivity index (χ3n) is 6.90. The zero-order valence-corrected chi connectivity index (χ0v) is 31.1. The molecular weight excluding hydrogens is 704 g/mol. The molecule has 18 heteroatoms. The van der Waals surface area contributed by atoms with E-state index in [-0.39, 0.29) is 39.3 Å². The molecule has 0 bridgehead atoms. The molecular formula is C34H50N4O13S. The van der Waals surface area contributed by atoms with E-state index in [1.165, 1.54) is 0 Å². The molecule has 17 nitrogen and oxygen atoms in total. The highest BCUT2D eigenvalue weighted by atomic mass is 32.2. The van der Waals surface area contributed by atoms with E-state index in [1.807, 2.05) is 0 Å².